The smallest absolute Gasteiger partial charge is 0.278 e. The summed E-state index contributed by atoms with van der Waals surface area (Å²) in [6, 6.07) is 15.0. The average molecular weight is 231 g/mol. The predicted octanol–water partition coefficient (Wildman–Crippen LogP) is 3.92. The van der Waals surface area contributed by atoms with Crippen LogP contribution in [0, 0.1) is 0 Å². The van der Waals surface area contributed by atoms with Crippen LogP contribution in [0.2, 0.25) is 0 Å². The summed E-state index contributed by atoms with van der Waals surface area (Å²) < 4.78 is 26.0. The van der Waals surface area contributed by atoms with E-state index in [9.17, 15) is 8.78 Å². The molecule has 3 heteroatoms. The third-order valence-corrected chi connectivity index (χ3v) is 2.45. The van der Waals surface area contributed by atoms with Gasteiger partial charge in [-0.05, 0) is 23.3 Å². The number of nitrogen functional groups attached to an aromatic ring is 1. The zero-order chi connectivity index (χ0) is 12.3. The van der Waals surface area contributed by atoms with Crippen molar-refractivity contribution in [2.75, 3.05) is 5.73 Å². The van der Waals surface area contributed by atoms with E-state index in [1.165, 1.54) is 0 Å². The molecule has 17 heavy (non-hydrogen) atoms. The number of rotatable bonds is 2. The largest absolute Gasteiger partial charge is 0.399 e. The molecular formula is C14H11F2N. The molecule has 0 fully saturated rings. The van der Waals surface area contributed by atoms with Gasteiger partial charge in [0.25, 0.3) is 6.08 Å². The Bertz CT molecular complexity index is 526. The molecule has 1 nitrogen and oxygen atoms in total. The molecule has 2 aromatic rings. The van der Waals surface area contributed by atoms with Gasteiger partial charge >= 0.3 is 0 Å². The van der Waals surface area contributed by atoms with Gasteiger partial charge in [0.05, 0.1) is 5.57 Å². The lowest BCUT2D eigenvalue weighted by Crippen LogP contribution is -1.91. The summed E-state index contributed by atoms with van der Waals surface area (Å²) in [5.74, 6) is 0. The summed E-state index contributed by atoms with van der Waals surface area (Å²) in [4.78, 5) is 0. The van der Waals surface area contributed by atoms with Gasteiger partial charge in [0.2, 0.25) is 0 Å². The minimum Gasteiger partial charge on any atom is -0.399 e. The molecule has 0 aliphatic rings. The number of benzene rings is 2. The van der Waals surface area contributed by atoms with Crippen molar-refractivity contribution in [1.82, 2.24) is 0 Å². The number of nitrogens with two attached hydrogens (primary N) is 1. The first kappa shape index (κ1) is 11.3. The summed E-state index contributed by atoms with van der Waals surface area (Å²) in [5, 5.41) is 0. The van der Waals surface area contributed by atoms with E-state index in [0.717, 1.165) is 0 Å². The van der Waals surface area contributed by atoms with E-state index >= 15 is 0 Å². The SMILES string of the molecule is Nc1ccc(C(=C(F)F)c2ccccc2)cc1. The Morgan fingerprint density at radius 2 is 1.29 bits per heavy atom. The summed E-state index contributed by atoms with van der Waals surface area (Å²) >= 11 is 0. The second kappa shape index (κ2) is 4.78. The molecule has 2 aromatic carbocycles. The summed E-state index contributed by atoms with van der Waals surface area (Å²) in [6.45, 7) is 0. The molecule has 0 saturated carbocycles. The molecule has 0 aromatic heterocycles. The van der Waals surface area contributed by atoms with Crippen molar-refractivity contribution in [1.29, 1.82) is 0 Å². The van der Waals surface area contributed by atoms with Crippen molar-refractivity contribution in [2.45, 2.75) is 0 Å². The van der Waals surface area contributed by atoms with Crippen LogP contribution in [-0.2, 0) is 0 Å². The fourth-order valence-electron chi connectivity index (χ4n) is 1.64. The minimum absolute atomic E-state index is 0.0504. The molecule has 0 radical (unpaired) electrons. The second-order valence-electron chi connectivity index (χ2n) is 3.62. The molecule has 0 bridgehead atoms. The quantitative estimate of drug-likeness (QED) is 0.779. The maximum absolute atomic E-state index is 13.0. The molecule has 86 valence electrons. The van der Waals surface area contributed by atoms with Gasteiger partial charge in [-0.25, -0.2) is 0 Å². The molecule has 0 heterocycles. The van der Waals surface area contributed by atoms with Crippen LogP contribution >= 0.6 is 0 Å². The zero-order valence-electron chi connectivity index (χ0n) is 9.03. The van der Waals surface area contributed by atoms with Crippen molar-refractivity contribution in [3.63, 3.8) is 0 Å². The minimum atomic E-state index is -1.69. The van der Waals surface area contributed by atoms with Crippen LogP contribution in [0.5, 0.6) is 0 Å². The first-order valence-electron chi connectivity index (χ1n) is 5.15. The van der Waals surface area contributed by atoms with Crippen molar-refractivity contribution >= 4 is 11.3 Å². The Morgan fingerprint density at radius 3 is 1.82 bits per heavy atom. The third-order valence-electron chi connectivity index (χ3n) is 2.45. The lowest BCUT2D eigenvalue weighted by Gasteiger charge is -2.07. The first-order chi connectivity index (χ1) is 8.18. The van der Waals surface area contributed by atoms with Gasteiger partial charge in [0.15, 0.2) is 0 Å². The zero-order valence-corrected chi connectivity index (χ0v) is 9.03. The number of anilines is 1. The van der Waals surface area contributed by atoms with Crippen molar-refractivity contribution < 1.29 is 8.78 Å². The van der Waals surface area contributed by atoms with Crippen LogP contribution < -0.4 is 5.73 Å². The Hall–Kier alpha value is -2.16. The highest BCUT2D eigenvalue weighted by molar-refractivity contribution is 5.80. The topological polar surface area (TPSA) is 26.0 Å². The van der Waals surface area contributed by atoms with E-state index in [1.54, 1.807) is 54.6 Å². The van der Waals surface area contributed by atoms with Crippen molar-refractivity contribution in [3.8, 4) is 0 Å². The van der Waals surface area contributed by atoms with Crippen LogP contribution in [0.25, 0.3) is 5.57 Å². The molecule has 0 amide bonds. The van der Waals surface area contributed by atoms with Gasteiger partial charge in [-0.2, -0.15) is 8.78 Å². The highest BCUT2D eigenvalue weighted by Gasteiger charge is 2.11. The molecule has 2 rings (SSSR count). The van der Waals surface area contributed by atoms with Crippen LogP contribution in [0.1, 0.15) is 11.1 Å². The van der Waals surface area contributed by atoms with Gasteiger partial charge in [-0.1, -0.05) is 42.5 Å². The number of hydrogen-bond donors (Lipinski definition) is 1. The van der Waals surface area contributed by atoms with Crippen molar-refractivity contribution in [3.05, 3.63) is 71.8 Å². The van der Waals surface area contributed by atoms with E-state index in [-0.39, 0.29) is 5.57 Å². The Kier molecular flexibility index (Phi) is 3.19. The third kappa shape index (κ3) is 2.50. The Balaban J connectivity index is 2.52. The fourth-order valence-corrected chi connectivity index (χ4v) is 1.64. The summed E-state index contributed by atoms with van der Waals surface area (Å²) in [7, 11) is 0. The molecule has 0 unspecified atom stereocenters. The predicted molar refractivity (Wildman–Crippen MR) is 65.5 cm³/mol. The summed E-state index contributed by atoms with van der Waals surface area (Å²) in [6.07, 6.45) is -1.69. The molecule has 0 aliphatic heterocycles. The lowest BCUT2D eigenvalue weighted by atomic mass is 9.99. The van der Waals surface area contributed by atoms with Crippen molar-refractivity contribution in [2.24, 2.45) is 0 Å². The molecule has 0 atom stereocenters. The van der Waals surface area contributed by atoms with E-state index < -0.39 is 6.08 Å². The van der Waals surface area contributed by atoms with Gasteiger partial charge in [0.1, 0.15) is 0 Å². The second-order valence-corrected chi connectivity index (χ2v) is 3.62. The van der Waals surface area contributed by atoms with Gasteiger partial charge < -0.3 is 5.73 Å². The maximum Gasteiger partial charge on any atom is 0.278 e. The number of hydrogen-bond acceptors (Lipinski definition) is 1. The normalized spacial score (nSPS) is 10.0. The lowest BCUT2D eigenvalue weighted by molar-refractivity contribution is 0.426. The maximum atomic E-state index is 13.0. The molecule has 2 N–H and O–H groups in total. The van der Waals surface area contributed by atoms with Gasteiger partial charge in [-0.15, -0.1) is 0 Å². The van der Waals surface area contributed by atoms with Gasteiger partial charge in [-0.3, -0.25) is 0 Å². The highest BCUT2D eigenvalue weighted by Crippen LogP contribution is 2.28. The van der Waals surface area contributed by atoms with E-state index in [1.807, 2.05) is 0 Å². The molecule has 0 saturated heterocycles. The Labute approximate surface area is 98.2 Å². The fraction of sp³-hybridized carbons (Fsp3) is 0. The standard InChI is InChI=1S/C14H11F2N/c15-14(16)13(10-4-2-1-3-5-10)11-6-8-12(17)9-7-11/h1-9H,17H2. The molecular weight excluding hydrogens is 220 g/mol. The van der Waals surface area contributed by atoms with Crippen LogP contribution in [0.4, 0.5) is 14.5 Å². The van der Waals surface area contributed by atoms with E-state index in [4.69, 9.17) is 5.73 Å². The number of halogens is 2. The van der Waals surface area contributed by atoms with Crippen LogP contribution in [0.3, 0.4) is 0 Å². The van der Waals surface area contributed by atoms with Gasteiger partial charge in [0, 0.05) is 5.69 Å². The van der Waals surface area contributed by atoms with Crippen LogP contribution in [0.15, 0.2) is 60.7 Å². The molecule has 0 spiro atoms. The summed E-state index contributed by atoms with van der Waals surface area (Å²) in [5.41, 5.74) is 7.00. The van der Waals surface area contributed by atoms with E-state index in [0.29, 0.717) is 16.8 Å². The van der Waals surface area contributed by atoms with Crippen LogP contribution in [-0.4, -0.2) is 0 Å². The monoisotopic (exact) mass is 231 g/mol. The Morgan fingerprint density at radius 1 is 0.765 bits per heavy atom. The highest BCUT2D eigenvalue weighted by atomic mass is 19.3. The average Bonchev–Trinajstić information content (AvgIpc) is 2.33. The van der Waals surface area contributed by atoms with E-state index in [2.05, 4.69) is 0 Å². The first-order valence-corrected chi connectivity index (χ1v) is 5.15. The molecule has 0 aliphatic carbocycles.